The summed E-state index contributed by atoms with van der Waals surface area (Å²) in [5, 5.41) is 0.221. The minimum Gasteiger partial charge on any atom is -0.293 e. The summed E-state index contributed by atoms with van der Waals surface area (Å²) in [5.41, 5.74) is 0.363. The lowest BCUT2D eigenvalue weighted by molar-refractivity contribution is 0.0962. The van der Waals surface area contributed by atoms with Crippen LogP contribution in [0.15, 0.2) is 17.1 Å². The maximum absolute atomic E-state index is 13.3. The number of aliphatic imine (C=N–C) groups is 1. The Kier molecular flexibility index (Phi) is 2.11. The van der Waals surface area contributed by atoms with Crippen molar-refractivity contribution in [3.05, 3.63) is 28.5 Å². The topological polar surface area (TPSA) is 29.4 Å². The van der Waals surface area contributed by atoms with Crippen LogP contribution in [0.3, 0.4) is 0 Å². The molecule has 1 atom stereocenters. The number of hydrogen-bond acceptors (Lipinski definition) is 2. The summed E-state index contributed by atoms with van der Waals surface area (Å²) < 4.78 is 13.3. The van der Waals surface area contributed by atoms with Crippen molar-refractivity contribution >= 4 is 29.3 Å². The Morgan fingerprint density at radius 1 is 1.50 bits per heavy atom. The number of hydrogen-bond donors (Lipinski definition) is 0. The second-order valence-electron chi connectivity index (χ2n) is 3.21. The van der Waals surface area contributed by atoms with Crippen LogP contribution in [-0.4, -0.2) is 12.0 Å². The maximum Gasteiger partial charge on any atom is 0.173 e. The van der Waals surface area contributed by atoms with Gasteiger partial charge in [0.15, 0.2) is 11.6 Å². The second-order valence-corrected chi connectivity index (χ2v) is 3.65. The van der Waals surface area contributed by atoms with Crippen LogP contribution >= 0.6 is 11.6 Å². The lowest BCUT2D eigenvalue weighted by Crippen LogP contribution is -2.16. The Balaban J connectivity index is 2.68. The van der Waals surface area contributed by atoms with Gasteiger partial charge in [-0.15, -0.1) is 0 Å². The Bertz CT molecular complexity index is 442. The van der Waals surface area contributed by atoms with Crippen LogP contribution in [0.1, 0.15) is 17.3 Å². The highest BCUT2D eigenvalue weighted by atomic mass is 35.5. The van der Waals surface area contributed by atoms with Crippen LogP contribution in [0.4, 0.5) is 10.1 Å². The summed E-state index contributed by atoms with van der Waals surface area (Å²) in [6, 6.07) is 2.61. The maximum atomic E-state index is 13.3. The normalized spacial score (nSPS) is 19.6. The lowest BCUT2D eigenvalue weighted by Gasteiger charge is -2.14. The predicted molar refractivity (Wildman–Crippen MR) is 53.1 cm³/mol. The molecule has 0 aromatic heterocycles. The Hall–Kier alpha value is -1.22. The highest BCUT2D eigenvalue weighted by molar-refractivity contribution is 6.31. The van der Waals surface area contributed by atoms with Crippen molar-refractivity contribution in [2.75, 3.05) is 0 Å². The Morgan fingerprint density at radius 3 is 2.93 bits per heavy atom. The SMILES string of the molecule is CC1C=Nc2c(F)cc(Cl)cc2C1=O. The van der Waals surface area contributed by atoms with Crippen LogP contribution in [0.25, 0.3) is 0 Å². The number of ketones is 1. The first-order valence-electron chi connectivity index (χ1n) is 4.17. The molecule has 0 fully saturated rings. The van der Waals surface area contributed by atoms with Gasteiger partial charge in [-0.2, -0.15) is 0 Å². The zero-order valence-corrected chi connectivity index (χ0v) is 8.18. The third kappa shape index (κ3) is 1.34. The Labute approximate surface area is 85.4 Å². The lowest BCUT2D eigenvalue weighted by atomic mass is 9.96. The summed E-state index contributed by atoms with van der Waals surface area (Å²) in [6.07, 6.45) is 1.45. The van der Waals surface area contributed by atoms with Gasteiger partial charge in [-0.1, -0.05) is 18.5 Å². The second kappa shape index (κ2) is 3.17. The van der Waals surface area contributed by atoms with Crippen LogP contribution in [0.2, 0.25) is 5.02 Å². The first-order valence-corrected chi connectivity index (χ1v) is 4.55. The molecule has 0 bridgehead atoms. The van der Waals surface area contributed by atoms with E-state index in [1.165, 1.54) is 12.3 Å². The smallest absolute Gasteiger partial charge is 0.173 e. The van der Waals surface area contributed by atoms with Crippen molar-refractivity contribution in [2.45, 2.75) is 6.92 Å². The summed E-state index contributed by atoms with van der Waals surface area (Å²) in [7, 11) is 0. The van der Waals surface area contributed by atoms with E-state index >= 15 is 0 Å². The number of halogens is 2. The molecule has 1 heterocycles. The number of carbonyl (C=O) groups excluding carboxylic acids is 1. The molecule has 0 spiro atoms. The summed E-state index contributed by atoms with van der Waals surface area (Å²) in [5.74, 6) is -0.999. The zero-order valence-electron chi connectivity index (χ0n) is 7.42. The predicted octanol–water partition coefficient (Wildman–Crippen LogP) is 3.01. The molecule has 0 N–H and O–H groups in total. The van der Waals surface area contributed by atoms with Crippen LogP contribution in [0.5, 0.6) is 0 Å². The van der Waals surface area contributed by atoms with E-state index < -0.39 is 5.82 Å². The van der Waals surface area contributed by atoms with Crippen molar-refractivity contribution in [1.82, 2.24) is 0 Å². The van der Waals surface area contributed by atoms with Gasteiger partial charge in [0.05, 0.1) is 5.92 Å². The summed E-state index contributed by atoms with van der Waals surface area (Å²) >= 11 is 5.65. The molecule has 72 valence electrons. The molecule has 1 aromatic rings. The zero-order chi connectivity index (χ0) is 10.3. The number of fused-ring (bicyclic) bond motifs is 1. The van der Waals surface area contributed by atoms with Crippen molar-refractivity contribution in [1.29, 1.82) is 0 Å². The van der Waals surface area contributed by atoms with Crippen molar-refractivity contribution in [3.63, 3.8) is 0 Å². The van der Waals surface area contributed by atoms with Gasteiger partial charge in [0.2, 0.25) is 0 Å². The van der Waals surface area contributed by atoms with Crippen LogP contribution in [-0.2, 0) is 0 Å². The molecule has 0 radical (unpaired) electrons. The summed E-state index contributed by atoms with van der Waals surface area (Å²) in [6.45, 7) is 1.72. The molecule has 0 saturated heterocycles. The fourth-order valence-electron chi connectivity index (χ4n) is 1.38. The van der Waals surface area contributed by atoms with Gasteiger partial charge in [0, 0.05) is 16.8 Å². The van der Waals surface area contributed by atoms with E-state index in [0.717, 1.165) is 6.07 Å². The molecule has 2 rings (SSSR count). The fourth-order valence-corrected chi connectivity index (χ4v) is 1.59. The quantitative estimate of drug-likeness (QED) is 0.649. The monoisotopic (exact) mass is 211 g/mol. The number of Topliss-reactive ketones (excluding diaryl/α,β-unsaturated/α-hetero) is 1. The number of carbonyl (C=O) groups is 1. The third-order valence-electron chi connectivity index (χ3n) is 2.13. The van der Waals surface area contributed by atoms with Crippen LogP contribution in [0, 0.1) is 11.7 Å². The molecular formula is C10H7ClFNO. The van der Waals surface area contributed by atoms with Crippen molar-refractivity contribution in [3.8, 4) is 0 Å². The first-order chi connectivity index (χ1) is 6.59. The molecule has 0 saturated carbocycles. The van der Waals surface area contributed by atoms with E-state index in [-0.39, 0.29) is 28.0 Å². The van der Waals surface area contributed by atoms with Gasteiger partial charge < -0.3 is 0 Å². The first kappa shape index (κ1) is 9.34. The minimum atomic E-state index is -0.552. The molecule has 1 aromatic carbocycles. The number of benzene rings is 1. The molecule has 14 heavy (non-hydrogen) atoms. The average molecular weight is 212 g/mol. The van der Waals surface area contributed by atoms with E-state index in [0.29, 0.717) is 0 Å². The highest BCUT2D eigenvalue weighted by Gasteiger charge is 2.23. The average Bonchev–Trinajstić information content (AvgIpc) is 2.12. The standard InChI is InChI=1S/C10H7ClFNO/c1-5-4-13-9-7(10(5)14)2-6(11)3-8(9)12/h2-5H,1H3. The highest BCUT2D eigenvalue weighted by Crippen LogP contribution is 2.31. The van der Waals surface area contributed by atoms with Gasteiger partial charge in [-0.25, -0.2) is 4.39 Å². The number of nitrogens with zero attached hydrogens (tertiary/aromatic N) is 1. The van der Waals surface area contributed by atoms with E-state index in [4.69, 9.17) is 11.6 Å². The summed E-state index contributed by atoms with van der Waals surface area (Å²) in [4.78, 5) is 15.5. The molecular weight excluding hydrogens is 205 g/mol. The molecule has 0 aliphatic carbocycles. The number of rotatable bonds is 0. The molecule has 2 nitrogen and oxygen atoms in total. The van der Waals surface area contributed by atoms with Crippen molar-refractivity contribution in [2.24, 2.45) is 10.9 Å². The van der Waals surface area contributed by atoms with Gasteiger partial charge in [0.25, 0.3) is 0 Å². The van der Waals surface area contributed by atoms with Crippen molar-refractivity contribution < 1.29 is 9.18 Å². The molecule has 4 heteroatoms. The largest absolute Gasteiger partial charge is 0.293 e. The van der Waals surface area contributed by atoms with Crippen LogP contribution < -0.4 is 0 Å². The minimum absolute atomic E-state index is 0.0949. The Morgan fingerprint density at radius 2 is 2.21 bits per heavy atom. The van der Waals surface area contributed by atoms with Gasteiger partial charge in [-0.05, 0) is 12.1 Å². The van der Waals surface area contributed by atoms with Gasteiger partial charge in [-0.3, -0.25) is 9.79 Å². The van der Waals surface area contributed by atoms with Gasteiger partial charge in [0.1, 0.15) is 5.69 Å². The van der Waals surface area contributed by atoms with E-state index in [1.54, 1.807) is 6.92 Å². The van der Waals surface area contributed by atoms with E-state index in [9.17, 15) is 9.18 Å². The van der Waals surface area contributed by atoms with E-state index in [2.05, 4.69) is 4.99 Å². The van der Waals surface area contributed by atoms with Gasteiger partial charge >= 0.3 is 0 Å². The molecule has 1 aliphatic heterocycles. The molecule has 1 unspecified atom stereocenters. The van der Waals surface area contributed by atoms with E-state index in [1.807, 2.05) is 0 Å². The molecule has 1 aliphatic rings. The molecule has 0 amide bonds. The third-order valence-corrected chi connectivity index (χ3v) is 2.35. The fraction of sp³-hybridized carbons (Fsp3) is 0.200.